The van der Waals surface area contributed by atoms with E-state index >= 15 is 0 Å². The Morgan fingerprint density at radius 3 is 2.53 bits per heavy atom. The van der Waals surface area contributed by atoms with Crippen LogP contribution >= 0.6 is 0 Å². The third kappa shape index (κ3) is 2.75. The molecule has 1 aromatic carbocycles. The number of amides is 2. The highest BCUT2D eigenvalue weighted by Crippen LogP contribution is 2.35. The first-order chi connectivity index (χ1) is 14.6. The molecule has 3 aliphatic rings. The number of piperazine rings is 1. The van der Waals surface area contributed by atoms with Crippen molar-refractivity contribution in [2.45, 2.75) is 18.5 Å². The predicted octanol–water partition coefficient (Wildman–Crippen LogP) is 1.88. The number of nitrogens with zero attached hydrogens (tertiary/aromatic N) is 3. The molecule has 3 aromatic rings. The van der Waals surface area contributed by atoms with Crippen LogP contribution in [-0.4, -0.2) is 69.6 Å². The molecular formula is C22H20N4O4. The number of aromatic nitrogens is 2. The van der Waals surface area contributed by atoms with E-state index in [0.29, 0.717) is 35.4 Å². The molecule has 2 unspecified atom stereocenters. The number of carbonyl (C=O) groups is 3. The van der Waals surface area contributed by atoms with Gasteiger partial charge in [0.15, 0.2) is 0 Å². The average Bonchev–Trinajstić information content (AvgIpc) is 3.23. The summed E-state index contributed by atoms with van der Waals surface area (Å²) in [5.41, 5.74) is 1.38. The predicted molar refractivity (Wildman–Crippen MR) is 108 cm³/mol. The van der Waals surface area contributed by atoms with Gasteiger partial charge in [-0.1, -0.05) is 18.2 Å². The van der Waals surface area contributed by atoms with Crippen molar-refractivity contribution < 1.29 is 19.1 Å². The lowest BCUT2D eigenvalue weighted by molar-refractivity contribution is -0.146. The number of rotatable bonds is 4. The number of carbonyl (C=O) groups excluding carboxylic acids is 3. The zero-order chi connectivity index (χ0) is 20.8. The minimum Gasteiger partial charge on any atom is -0.496 e. The van der Waals surface area contributed by atoms with E-state index in [-0.39, 0.29) is 23.6 Å². The summed E-state index contributed by atoms with van der Waals surface area (Å²) in [6, 6.07) is 10.5. The maximum atomic E-state index is 13.0. The van der Waals surface area contributed by atoms with Crippen molar-refractivity contribution in [2.24, 2.45) is 0 Å². The first-order valence-electron chi connectivity index (χ1n) is 9.80. The molecule has 8 nitrogen and oxygen atoms in total. The molecule has 6 rings (SSSR count). The van der Waals surface area contributed by atoms with Gasteiger partial charge in [-0.2, -0.15) is 0 Å². The molecule has 152 valence electrons. The van der Waals surface area contributed by atoms with Crippen LogP contribution < -0.4 is 4.74 Å². The Bertz CT molecular complexity index is 1140. The summed E-state index contributed by atoms with van der Waals surface area (Å²) in [6.45, 7) is 0.865. The lowest BCUT2D eigenvalue weighted by Crippen LogP contribution is -2.71. The van der Waals surface area contributed by atoms with E-state index in [1.807, 2.05) is 18.2 Å². The number of aromatic amines is 1. The van der Waals surface area contributed by atoms with Gasteiger partial charge in [-0.25, -0.2) is 4.98 Å². The maximum Gasteiger partial charge on any atom is 0.295 e. The van der Waals surface area contributed by atoms with Crippen molar-refractivity contribution in [1.29, 1.82) is 0 Å². The number of nitrogens with one attached hydrogen (secondary N) is 1. The van der Waals surface area contributed by atoms with Gasteiger partial charge in [0.1, 0.15) is 11.4 Å². The molecule has 0 spiro atoms. The second-order valence-corrected chi connectivity index (χ2v) is 7.60. The smallest absolute Gasteiger partial charge is 0.295 e. The molecule has 0 saturated carbocycles. The van der Waals surface area contributed by atoms with E-state index < -0.39 is 11.7 Å². The molecule has 1 N–H and O–H groups in total. The number of pyridine rings is 1. The van der Waals surface area contributed by atoms with Gasteiger partial charge < -0.3 is 19.5 Å². The van der Waals surface area contributed by atoms with Crippen LogP contribution in [0.4, 0.5) is 0 Å². The molecule has 8 heteroatoms. The highest BCUT2D eigenvalue weighted by Gasteiger charge is 2.50. The minimum atomic E-state index is -0.593. The average molecular weight is 404 g/mol. The van der Waals surface area contributed by atoms with Gasteiger partial charge in [0.2, 0.25) is 0 Å². The summed E-state index contributed by atoms with van der Waals surface area (Å²) < 4.78 is 5.33. The number of benzene rings is 1. The Labute approximate surface area is 172 Å². The zero-order valence-electron chi connectivity index (χ0n) is 16.4. The van der Waals surface area contributed by atoms with Crippen LogP contribution in [0.25, 0.3) is 11.0 Å². The van der Waals surface area contributed by atoms with E-state index in [0.717, 1.165) is 6.42 Å². The molecule has 3 aliphatic heterocycles. The van der Waals surface area contributed by atoms with Crippen LogP contribution in [0, 0.1) is 0 Å². The molecule has 2 amide bonds. The summed E-state index contributed by atoms with van der Waals surface area (Å²) >= 11 is 0. The molecule has 30 heavy (non-hydrogen) atoms. The number of methoxy groups -OCH3 is 1. The Morgan fingerprint density at radius 1 is 1.10 bits per heavy atom. The van der Waals surface area contributed by atoms with Crippen molar-refractivity contribution >= 4 is 28.6 Å². The molecular weight excluding hydrogens is 384 g/mol. The van der Waals surface area contributed by atoms with Crippen LogP contribution in [0.2, 0.25) is 0 Å². The summed E-state index contributed by atoms with van der Waals surface area (Å²) in [6.07, 6.45) is 3.88. The van der Waals surface area contributed by atoms with E-state index in [9.17, 15) is 14.4 Å². The minimum absolute atomic E-state index is 0.0452. The molecule has 2 atom stereocenters. The monoisotopic (exact) mass is 404 g/mol. The first-order valence-corrected chi connectivity index (χ1v) is 9.80. The fourth-order valence-corrected chi connectivity index (χ4v) is 4.48. The number of ether oxygens (including phenoxy) is 1. The first kappa shape index (κ1) is 18.4. The number of piperidine rings is 1. The lowest BCUT2D eigenvalue weighted by Gasteiger charge is -2.55. The molecule has 3 fully saturated rings. The Hall–Kier alpha value is -3.68. The van der Waals surface area contributed by atoms with Gasteiger partial charge in [0.25, 0.3) is 17.6 Å². The summed E-state index contributed by atoms with van der Waals surface area (Å²) in [5, 5.41) is 0.505. The lowest BCUT2D eigenvalue weighted by atomic mass is 9.86. The molecule has 0 radical (unpaired) electrons. The fourth-order valence-electron chi connectivity index (χ4n) is 4.48. The van der Waals surface area contributed by atoms with Gasteiger partial charge in [-0.15, -0.1) is 0 Å². The zero-order valence-corrected chi connectivity index (χ0v) is 16.4. The van der Waals surface area contributed by atoms with E-state index in [2.05, 4.69) is 9.97 Å². The van der Waals surface area contributed by atoms with Crippen LogP contribution in [0.15, 0.2) is 48.8 Å². The summed E-state index contributed by atoms with van der Waals surface area (Å²) in [4.78, 5) is 49.3. The normalized spacial score (nSPS) is 20.0. The van der Waals surface area contributed by atoms with Crippen LogP contribution in [0.1, 0.15) is 27.1 Å². The van der Waals surface area contributed by atoms with Gasteiger partial charge >= 0.3 is 0 Å². The number of ketones is 1. The standard InChI is InChI=1S/C22H20N4O4/c1-30-17-7-8-23-20-18(17)16(10-24-20)19(27)22(29)26-14-9-15(26)12-25(11-14)21(28)13-5-3-2-4-6-13/h2-8,10,14-15H,9,11-12H2,1H3,(H,23,24). The Kier molecular flexibility index (Phi) is 4.27. The van der Waals surface area contributed by atoms with Gasteiger partial charge in [-0.05, 0) is 24.6 Å². The van der Waals surface area contributed by atoms with Gasteiger partial charge in [0.05, 0.1) is 30.1 Å². The molecule has 0 aliphatic carbocycles. The van der Waals surface area contributed by atoms with Gasteiger partial charge in [-0.3, -0.25) is 14.4 Å². The van der Waals surface area contributed by atoms with Crippen LogP contribution in [0.5, 0.6) is 5.75 Å². The van der Waals surface area contributed by atoms with Crippen molar-refractivity contribution in [3.05, 3.63) is 59.9 Å². The topological polar surface area (TPSA) is 95.6 Å². The molecule has 3 saturated heterocycles. The van der Waals surface area contributed by atoms with Crippen molar-refractivity contribution in [3.8, 4) is 5.75 Å². The third-order valence-electron chi connectivity index (χ3n) is 5.93. The number of H-pyrrole nitrogens is 1. The second-order valence-electron chi connectivity index (χ2n) is 7.60. The van der Waals surface area contributed by atoms with Crippen molar-refractivity contribution in [2.75, 3.05) is 20.2 Å². The quantitative estimate of drug-likeness (QED) is 0.529. The van der Waals surface area contributed by atoms with Crippen molar-refractivity contribution in [3.63, 3.8) is 0 Å². The number of hydrogen-bond donors (Lipinski definition) is 1. The molecule has 5 heterocycles. The maximum absolute atomic E-state index is 13.0. The Morgan fingerprint density at radius 2 is 1.83 bits per heavy atom. The highest BCUT2D eigenvalue weighted by atomic mass is 16.5. The summed E-state index contributed by atoms with van der Waals surface area (Å²) in [7, 11) is 1.51. The van der Waals surface area contributed by atoms with Gasteiger partial charge in [0, 0.05) is 31.0 Å². The highest BCUT2D eigenvalue weighted by molar-refractivity contribution is 6.45. The largest absolute Gasteiger partial charge is 0.496 e. The molecule has 2 bridgehead atoms. The number of fused-ring (bicyclic) bond motifs is 3. The SMILES string of the molecule is COc1ccnc2[nH]cc(C(=O)C(=O)N3C4CC3CN(C(=O)c3ccccc3)C4)c12. The summed E-state index contributed by atoms with van der Waals surface area (Å²) in [5.74, 6) is -0.697. The third-order valence-corrected chi connectivity index (χ3v) is 5.93. The van der Waals surface area contributed by atoms with E-state index in [4.69, 9.17) is 4.74 Å². The van der Waals surface area contributed by atoms with E-state index in [1.165, 1.54) is 13.3 Å². The van der Waals surface area contributed by atoms with E-state index in [1.54, 1.807) is 34.2 Å². The number of hydrogen-bond acceptors (Lipinski definition) is 5. The molecule has 2 aromatic heterocycles. The number of Topliss-reactive ketones (excluding diaryl/α,β-unsaturated/α-hetero) is 1. The second kappa shape index (κ2) is 6.98. The Balaban J connectivity index is 1.34. The van der Waals surface area contributed by atoms with Crippen LogP contribution in [0.3, 0.4) is 0 Å². The van der Waals surface area contributed by atoms with Crippen LogP contribution in [-0.2, 0) is 4.79 Å². The fraction of sp³-hybridized carbons (Fsp3) is 0.273. The van der Waals surface area contributed by atoms with Crippen molar-refractivity contribution in [1.82, 2.24) is 19.8 Å².